The summed E-state index contributed by atoms with van der Waals surface area (Å²) in [4.78, 5) is 16.5. The molecule has 0 aliphatic carbocycles. The molecule has 0 saturated heterocycles. The monoisotopic (exact) mass is 421 g/mol. The van der Waals surface area contributed by atoms with E-state index < -0.39 is 0 Å². The van der Waals surface area contributed by atoms with Crippen molar-refractivity contribution in [2.75, 3.05) is 19.5 Å². The first-order valence-electron chi connectivity index (χ1n) is 8.30. The van der Waals surface area contributed by atoms with E-state index in [0.717, 1.165) is 0 Å². The zero-order chi connectivity index (χ0) is 20.1. The van der Waals surface area contributed by atoms with Gasteiger partial charge >= 0.3 is 0 Å². The zero-order valence-corrected chi connectivity index (χ0v) is 16.7. The molecule has 0 aliphatic rings. The highest BCUT2D eigenvalue weighted by atomic mass is 35.5. The molecule has 1 amide bonds. The van der Waals surface area contributed by atoms with E-state index >= 15 is 0 Å². The topological polar surface area (TPSA) is 86.5 Å². The fraction of sp³-hybridized carbons (Fsp3) is 0.211. The minimum Gasteiger partial charge on any atom is -0.493 e. The number of halogens is 2. The van der Waals surface area contributed by atoms with E-state index in [4.69, 9.17) is 37.2 Å². The summed E-state index contributed by atoms with van der Waals surface area (Å²) in [7, 11) is 3.11. The van der Waals surface area contributed by atoms with Crippen molar-refractivity contribution in [2.24, 2.45) is 0 Å². The minimum absolute atomic E-state index is 0.149. The van der Waals surface area contributed by atoms with Crippen molar-refractivity contribution in [1.29, 1.82) is 0 Å². The van der Waals surface area contributed by atoms with Crippen LogP contribution < -0.4 is 14.8 Å². The fourth-order valence-corrected chi connectivity index (χ4v) is 2.83. The molecule has 28 heavy (non-hydrogen) atoms. The Balaban J connectivity index is 1.63. The lowest BCUT2D eigenvalue weighted by Crippen LogP contribution is -2.12. The molecule has 0 fully saturated rings. The summed E-state index contributed by atoms with van der Waals surface area (Å²) in [6.45, 7) is 0. The second-order valence-electron chi connectivity index (χ2n) is 5.73. The summed E-state index contributed by atoms with van der Waals surface area (Å²) in [6.07, 6.45) is 0.431. The molecule has 2 aromatic carbocycles. The Kier molecular flexibility index (Phi) is 6.38. The molecule has 7 nitrogen and oxygen atoms in total. The summed E-state index contributed by atoms with van der Waals surface area (Å²) in [5.41, 5.74) is 1.17. The summed E-state index contributed by atoms with van der Waals surface area (Å²) < 4.78 is 15.7. The number of hydrogen-bond donors (Lipinski definition) is 1. The predicted octanol–water partition coefficient (Wildman–Crippen LogP) is 4.63. The van der Waals surface area contributed by atoms with E-state index in [1.807, 2.05) is 0 Å². The van der Waals surface area contributed by atoms with E-state index in [2.05, 4.69) is 15.5 Å². The maximum absolute atomic E-state index is 12.1. The molecule has 0 saturated carbocycles. The van der Waals surface area contributed by atoms with Gasteiger partial charge in [0.05, 0.1) is 30.0 Å². The lowest BCUT2D eigenvalue weighted by atomic mass is 10.2. The number of rotatable bonds is 7. The van der Waals surface area contributed by atoms with Crippen LogP contribution in [-0.4, -0.2) is 30.3 Å². The van der Waals surface area contributed by atoms with Crippen LogP contribution in [0, 0.1) is 0 Å². The van der Waals surface area contributed by atoms with Crippen LogP contribution in [0.3, 0.4) is 0 Å². The number of carbonyl (C=O) groups is 1. The number of anilines is 1. The van der Waals surface area contributed by atoms with Crippen molar-refractivity contribution in [2.45, 2.75) is 12.8 Å². The van der Waals surface area contributed by atoms with Gasteiger partial charge in [-0.3, -0.25) is 4.79 Å². The number of nitrogens with zero attached hydrogens (tertiary/aromatic N) is 2. The molecule has 0 unspecified atom stereocenters. The van der Waals surface area contributed by atoms with Gasteiger partial charge in [-0.2, -0.15) is 4.98 Å². The molecule has 1 aromatic heterocycles. The number of carbonyl (C=O) groups excluding carboxylic acids is 1. The number of amides is 1. The molecular formula is C19H17Cl2N3O4. The van der Waals surface area contributed by atoms with Crippen molar-refractivity contribution in [3.05, 3.63) is 52.3 Å². The van der Waals surface area contributed by atoms with Crippen LogP contribution in [0.1, 0.15) is 12.3 Å². The maximum atomic E-state index is 12.1. The van der Waals surface area contributed by atoms with Crippen LogP contribution >= 0.6 is 23.2 Å². The van der Waals surface area contributed by atoms with Gasteiger partial charge < -0.3 is 19.3 Å². The standard InChI is InChI=1S/C19H17Cl2N3O4/c1-26-14-7-6-11(10-15(14)27-2)19-23-17(28-24-19)9-8-16(25)22-13-5-3-4-12(20)18(13)21/h3-7,10H,8-9H2,1-2H3,(H,22,25). The van der Waals surface area contributed by atoms with Crippen LogP contribution in [-0.2, 0) is 11.2 Å². The van der Waals surface area contributed by atoms with Gasteiger partial charge in [-0.1, -0.05) is 34.4 Å². The van der Waals surface area contributed by atoms with E-state index in [1.54, 1.807) is 50.6 Å². The Bertz CT molecular complexity index is 991. The average Bonchev–Trinajstić information content (AvgIpc) is 3.18. The Morgan fingerprint density at radius 2 is 1.93 bits per heavy atom. The molecule has 0 radical (unpaired) electrons. The molecule has 0 atom stereocenters. The summed E-state index contributed by atoms with van der Waals surface area (Å²) in [6, 6.07) is 10.3. The molecule has 0 spiro atoms. The largest absolute Gasteiger partial charge is 0.493 e. The number of aromatic nitrogens is 2. The molecule has 3 aromatic rings. The molecular weight excluding hydrogens is 405 g/mol. The van der Waals surface area contributed by atoms with Crippen LogP contribution in [0.25, 0.3) is 11.4 Å². The van der Waals surface area contributed by atoms with Gasteiger partial charge in [-0.25, -0.2) is 0 Å². The summed E-state index contributed by atoms with van der Waals surface area (Å²) in [5.74, 6) is 1.66. The van der Waals surface area contributed by atoms with Gasteiger partial charge in [-0.15, -0.1) is 0 Å². The molecule has 1 N–H and O–H groups in total. The molecule has 3 rings (SSSR count). The third kappa shape index (κ3) is 4.55. The second kappa shape index (κ2) is 8.95. The van der Waals surface area contributed by atoms with Crippen LogP contribution in [0.5, 0.6) is 11.5 Å². The second-order valence-corrected chi connectivity index (χ2v) is 6.52. The summed E-state index contributed by atoms with van der Waals surface area (Å²) in [5, 5.41) is 7.33. The number of benzene rings is 2. The van der Waals surface area contributed by atoms with Crippen molar-refractivity contribution in [3.8, 4) is 22.9 Å². The number of aryl methyl sites for hydroxylation is 1. The van der Waals surface area contributed by atoms with E-state index in [0.29, 0.717) is 44.5 Å². The maximum Gasteiger partial charge on any atom is 0.227 e. The van der Waals surface area contributed by atoms with Gasteiger partial charge in [-0.05, 0) is 30.3 Å². The van der Waals surface area contributed by atoms with Crippen LogP contribution in [0.2, 0.25) is 10.0 Å². The quantitative estimate of drug-likeness (QED) is 0.598. The third-order valence-corrected chi connectivity index (χ3v) is 4.72. The molecule has 0 bridgehead atoms. The van der Waals surface area contributed by atoms with Gasteiger partial charge in [0.1, 0.15) is 0 Å². The molecule has 9 heteroatoms. The number of ether oxygens (including phenoxy) is 2. The highest BCUT2D eigenvalue weighted by Gasteiger charge is 2.14. The number of nitrogens with one attached hydrogen (secondary N) is 1. The van der Waals surface area contributed by atoms with Gasteiger partial charge in [0, 0.05) is 18.4 Å². The minimum atomic E-state index is -0.241. The Labute approximate surface area is 171 Å². The van der Waals surface area contributed by atoms with Crippen LogP contribution in [0.4, 0.5) is 5.69 Å². The highest BCUT2D eigenvalue weighted by Crippen LogP contribution is 2.31. The predicted molar refractivity (Wildman–Crippen MR) is 106 cm³/mol. The lowest BCUT2D eigenvalue weighted by Gasteiger charge is -2.07. The molecule has 146 valence electrons. The summed E-state index contributed by atoms with van der Waals surface area (Å²) >= 11 is 12.0. The van der Waals surface area contributed by atoms with E-state index in [-0.39, 0.29) is 18.7 Å². The SMILES string of the molecule is COc1ccc(-c2noc(CCC(=O)Nc3cccc(Cl)c3Cl)n2)cc1OC. The fourth-order valence-electron chi connectivity index (χ4n) is 2.48. The average molecular weight is 422 g/mol. The van der Waals surface area contributed by atoms with Crippen LogP contribution in [0.15, 0.2) is 40.9 Å². The Morgan fingerprint density at radius 3 is 2.68 bits per heavy atom. The highest BCUT2D eigenvalue weighted by molar-refractivity contribution is 6.43. The van der Waals surface area contributed by atoms with Gasteiger partial charge in [0.15, 0.2) is 11.5 Å². The van der Waals surface area contributed by atoms with Crippen molar-refractivity contribution >= 4 is 34.8 Å². The smallest absolute Gasteiger partial charge is 0.227 e. The third-order valence-electron chi connectivity index (χ3n) is 3.90. The lowest BCUT2D eigenvalue weighted by molar-refractivity contribution is -0.116. The first-order valence-corrected chi connectivity index (χ1v) is 9.06. The number of hydrogen-bond acceptors (Lipinski definition) is 6. The van der Waals surface area contributed by atoms with E-state index in [1.165, 1.54) is 0 Å². The normalized spacial score (nSPS) is 10.6. The first-order chi connectivity index (χ1) is 13.5. The van der Waals surface area contributed by atoms with Gasteiger partial charge in [0.2, 0.25) is 17.6 Å². The van der Waals surface area contributed by atoms with Crippen molar-refractivity contribution in [3.63, 3.8) is 0 Å². The molecule has 0 aliphatic heterocycles. The Hall–Kier alpha value is -2.77. The van der Waals surface area contributed by atoms with Crippen molar-refractivity contribution in [1.82, 2.24) is 10.1 Å². The Morgan fingerprint density at radius 1 is 1.14 bits per heavy atom. The zero-order valence-electron chi connectivity index (χ0n) is 15.2. The molecule has 1 heterocycles. The van der Waals surface area contributed by atoms with Crippen molar-refractivity contribution < 1.29 is 18.8 Å². The first kappa shape index (κ1) is 20.0. The number of methoxy groups -OCH3 is 2. The van der Waals surface area contributed by atoms with Gasteiger partial charge in [0.25, 0.3) is 0 Å². The van der Waals surface area contributed by atoms with E-state index in [9.17, 15) is 4.79 Å².